The Balaban J connectivity index is 1.15. The summed E-state index contributed by atoms with van der Waals surface area (Å²) in [5, 5.41) is 3.39. The van der Waals surface area contributed by atoms with Crippen LogP contribution in [0.25, 0.3) is 0 Å². The fourth-order valence-corrected chi connectivity index (χ4v) is 4.99. The molecule has 0 spiro atoms. The number of amides is 1. The van der Waals surface area contributed by atoms with Crippen LogP contribution in [-0.2, 0) is 11.3 Å². The Kier molecular flexibility index (Phi) is 10.4. The van der Waals surface area contributed by atoms with Gasteiger partial charge in [-0.1, -0.05) is 42.8 Å². The summed E-state index contributed by atoms with van der Waals surface area (Å²) in [5.41, 5.74) is 3.05. The highest BCUT2D eigenvalue weighted by Gasteiger charge is 2.21. The Labute approximate surface area is 223 Å². The number of halogens is 3. The highest BCUT2D eigenvalue weighted by atomic mass is 19.1. The predicted molar refractivity (Wildman–Crippen MR) is 144 cm³/mol. The molecule has 0 unspecified atom stereocenters. The summed E-state index contributed by atoms with van der Waals surface area (Å²) >= 11 is 0. The van der Waals surface area contributed by atoms with Crippen molar-refractivity contribution in [3.05, 3.63) is 107 Å². The average molecular weight is 524 g/mol. The molecule has 1 aliphatic heterocycles. The predicted octanol–water partition coefficient (Wildman–Crippen LogP) is 5.73. The molecule has 1 fully saturated rings. The van der Waals surface area contributed by atoms with Crippen LogP contribution in [0.3, 0.4) is 0 Å². The zero-order valence-corrected chi connectivity index (χ0v) is 21.7. The van der Waals surface area contributed by atoms with Crippen molar-refractivity contribution >= 4 is 5.91 Å². The van der Waals surface area contributed by atoms with E-state index >= 15 is 0 Å². The van der Waals surface area contributed by atoms with Crippen LogP contribution in [-0.4, -0.2) is 55.0 Å². The lowest BCUT2D eigenvalue weighted by molar-refractivity contribution is -0.133. The molecular weight excluding hydrogens is 487 g/mol. The summed E-state index contributed by atoms with van der Waals surface area (Å²) in [7, 11) is 0. The highest BCUT2D eigenvalue weighted by molar-refractivity contribution is 5.76. The normalized spacial score (nSPS) is 14.3. The second kappa shape index (κ2) is 14.1. The Morgan fingerprint density at radius 3 is 1.82 bits per heavy atom. The molecular formula is C31H36F3N3O. The Hall–Kier alpha value is -3.16. The summed E-state index contributed by atoms with van der Waals surface area (Å²) in [5.74, 6) is -0.553. The minimum Gasteiger partial charge on any atom is -0.340 e. The van der Waals surface area contributed by atoms with E-state index in [1.54, 1.807) is 36.4 Å². The van der Waals surface area contributed by atoms with Crippen molar-refractivity contribution in [1.29, 1.82) is 0 Å². The smallest absolute Gasteiger partial charge is 0.222 e. The van der Waals surface area contributed by atoms with Crippen molar-refractivity contribution in [2.24, 2.45) is 0 Å². The SMILES string of the molecule is O=C(CCCCC(c1ccc(F)cc1)c1ccc(F)cc1)N1CCN(CCNCc2ccc(F)cc2)CC1. The minimum atomic E-state index is -0.279. The molecule has 3 aromatic carbocycles. The molecule has 1 amide bonds. The third-order valence-corrected chi connectivity index (χ3v) is 7.25. The zero-order valence-electron chi connectivity index (χ0n) is 21.7. The standard InChI is InChI=1S/C31H36F3N3O/c32-27-11-5-24(6-12-27)23-35-17-18-36-19-21-37(22-20-36)31(38)4-2-1-3-30(25-7-13-28(33)14-8-25)26-9-15-29(34)16-10-26/h5-16,30,35H,1-4,17-23H2. The summed E-state index contributed by atoms with van der Waals surface area (Å²) in [6, 6.07) is 19.5. The lowest BCUT2D eigenvalue weighted by Crippen LogP contribution is -2.49. The maximum atomic E-state index is 13.4. The Bertz CT molecular complexity index is 1080. The fourth-order valence-electron chi connectivity index (χ4n) is 4.99. The third kappa shape index (κ3) is 8.43. The van der Waals surface area contributed by atoms with E-state index in [0.29, 0.717) is 13.0 Å². The number of nitrogens with zero attached hydrogens (tertiary/aromatic N) is 2. The monoisotopic (exact) mass is 523 g/mol. The van der Waals surface area contributed by atoms with Crippen LogP contribution in [0.5, 0.6) is 0 Å². The molecule has 202 valence electrons. The third-order valence-electron chi connectivity index (χ3n) is 7.25. The van der Waals surface area contributed by atoms with Crippen molar-refractivity contribution in [3.8, 4) is 0 Å². The molecule has 4 rings (SSSR count). The molecule has 0 aliphatic carbocycles. The summed E-state index contributed by atoms with van der Waals surface area (Å²) in [4.78, 5) is 17.1. The second-order valence-electron chi connectivity index (χ2n) is 9.93. The van der Waals surface area contributed by atoms with Gasteiger partial charge in [0.25, 0.3) is 0 Å². The first kappa shape index (κ1) is 27.9. The fraction of sp³-hybridized carbons (Fsp3) is 0.387. The van der Waals surface area contributed by atoms with Gasteiger partial charge < -0.3 is 10.2 Å². The number of hydrogen-bond acceptors (Lipinski definition) is 3. The number of piperazine rings is 1. The summed E-state index contributed by atoms with van der Waals surface area (Å²) < 4.78 is 39.9. The molecule has 0 atom stereocenters. The Morgan fingerprint density at radius 2 is 1.26 bits per heavy atom. The molecule has 7 heteroatoms. The number of unbranched alkanes of at least 4 members (excludes halogenated alkanes) is 1. The number of rotatable bonds is 12. The topological polar surface area (TPSA) is 35.6 Å². The van der Waals surface area contributed by atoms with Gasteiger partial charge in [-0.25, -0.2) is 13.2 Å². The molecule has 0 aromatic heterocycles. The first-order valence-corrected chi connectivity index (χ1v) is 13.4. The molecule has 1 aliphatic rings. The van der Waals surface area contributed by atoms with Gasteiger partial charge in [0.15, 0.2) is 0 Å². The van der Waals surface area contributed by atoms with Crippen LogP contribution >= 0.6 is 0 Å². The van der Waals surface area contributed by atoms with Crippen LogP contribution < -0.4 is 5.32 Å². The van der Waals surface area contributed by atoms with E-state index in [-0.39, 0.29) is 29.3 Å². The molecule has 1 saturated heterocycles. The maximum absolute atomic E-state index is 13.4. The van der Waals surface area contributed by atoms with Gasteiger partial charge in [-0.2, -0.15) is 0 Å². The van der Waals surface area contributed by atoms with Crippen molar-refractivity contribution < 1.29 is 18.0 Å². The number of carbonyl (C=O) groups is 1. The number of benzene rings is 3. The van der Waals surface area contributed by atoms with E-state index < -0.39 is 0 Å². The van der Waals surface area contributed by atoms with Crippen LogP contribution in [0.1, 0.15) is 48.3 Å². The van der Waals surface area contributed by atoms with Gasteiger partial charge in [-0.15, -0.1) is 0 Å². The highest BCUT2D eigenvalue weighted by Crippen LogP contribution is 2.30. The van der Waals surface area contributed by atoms with E-state index in [1.165, 1.54) is 36.4 Å². The molecule has 4 nitrogen and oxygen atoms in total. The van der Waals surface area contributed by atoms with E-state index in [1.807, 2.05) is 4.90 Å². The van der Waals surface area contributed by atoms with E-state index in [2.05, 4.69) is 10.2 Å². The average Bonchev–Trinajstić information content (AvgIpc) is 2.94. The molecule has 38 heavy (non-hydrogen) atoms. The van der Waals surface area contributed by atoms with Gasteiger partial charge in [-0.3, -0.25) is 9.69 Å². The first-order chi connectivity index (χ1) is 18.5. The maximum Gasteiger partial charge on any atom is 0.222 e. The summed E-state index contributed by atoms with van der Waals surface area (Å²) in [6.45, 7) is 5.67. The van der Waals surface area contributed by atoms with Crippen LogP contribution in [0.2, 0.25) is 0 Å². The lowest BCUT2D eigenvalue weighted by atomic mass is 9.87. The first-order valence-electron chi connectivity index (χ1n) is 13.4. The molecule has 0 saturated carbocycles. The minimum absolute atomic E-state index is 0.0338. The van der Waals surface area contributed by atoms with Gasteiger partial charge in [0.2, 0.25) is 5.91 Å². The van der Waals surface area contributed by atoms with Crippen molar-refractivity contribution in [3.63, 3.8) is 0 Å². The molecule has 0 radical (unpaired) electrons. The van der Waals surface area contributed by atoms with Crippen molar-refractivity contribution in [2.45, 2.75) is 38.1 Å². The number of carbonyl (C=O) groups excluding carboxylic acids is 1. The van der Waals surface area contributed by atoms with Gasteiger partial charge in [0.1, 0.15) is 17.5 Å². The summed E-state index contributed by atoms with van der Waals surface area (Å²) in [6.07, 6.45) is 2.96. The van der Waals surface area contributed by atoms with Gasteiger partial charge in [-0.05, 0) is 65.9 Å². The van der Waals surface area contributed by atoms with E-state index in [0.717, 1.165) is 75.2 Å². The quantitative estimate of drug-likeness (QED) is 0.308. The van der Waals surface area contributed by atoms with Crippen LogP contribution in [0.15, 0.2) is 72.8 Å². The van der Waals surface area contributed by atoms with Crippen LogP contribution in [0.4, 0.5) is 13.2 Å². The van der Waals surface area contributed by atoms with Crippen molar-refractivity contribution in [2.75, 3.05) is 39.3 Å². The van der Waals surface area contributed by atoms with E-state index in [9.17, 15) is 18.0 Å². The molecule has 0 bridgehead atoms. The van der Waals surface area contributed by atoms with Crippen molar-refractivity contribution in [1.82, 2.24) is 15.1 Å². The molecule has 1 N–H and O–H groups in total. The van der Waals surface area contributed by atoms with Crippen LogP contribution in [0, 0.1) is 17.5 Å². The van der Waals surface area contributed by atoms with E-state index in [4.69, 9.17) is 0 Å². The second-order valence-corrected chi connectivity index (χ2v) is 9.93. The lowest BCUT2D eigenvalue weighted by Gasteiger charge is -2.35. The molecule has 3 aromatic rings. The largest absolute Gasteiger partial charge is 0.340 e. The Morgan fingerprint density at radius 1 is 0.737 bits per heavy atom. The zero-order chi connectivity index (χ0) is 26.7. The molecule has 1 heterocycles. The number of hydrogen-bond donors (Lipinski definition) is 1. The van der Waals surface area contributed by atoms with Gasteiger partial charge >= 0.3 is 0 Å². The van der Waals surface area contributed by atoms with Gasteiger partial charge in [0.05, 0.1) is 0 Å². The van der Waals surface area contributed by atoms with Gasteiger partial charge in [0, 0.05) is 58.2 Å². The number of nitrogens with one attached hydrogen (secondary N) is 1.